The van der Waals surface area contributed by atoms with Crippen LogP contribution in [0.25, 0.3) is 42.4 Å². The minimum absolute atomic E-state index is 0.393. The zero-order chi connectivity index (χ0) is 20.4. The van der Waals surface area contributed by atoms with E-state index in [0.717, 1.165) is 0 Å². The third kappa shape index (κ3) is 2.46. The molecule has 0 N–H and O–H groups in total. The number of pyridine rings is 1. The quantitative estimate of drug-likeness (QED) is 0.271. The molecule has 0 saturated carbocycles. The maximum Gasteiger partial charge on any atom is 0.0433 e. The number of hydrogen-bond donors (Lipinski definition) is 0. The number of fused-ring (bicyclic) bond motifs is 9. The number of hydrogen-bond acceptors (Lipinski definition) is 2. The average Bonchev–Trinajstić information content (AvgIpc) is 3.23. The summed E-state index contributed by atoms with van der Waals surface area (Å²) in [4.78, 5) is 4.48. The van der Waals surface area contributed by atoms with Crippen LogP contribution in [0, 0.1) is 0 Å². The van der Waals surface area contributed by atoms with Crippen LogP contribution >= 0.6 is 11.3 Å². The Morgan fingerprint density at radius 3 is 2.39 bits per heavy atom. The first-order valence-corrected chi connectivity index (χ1v) is 11.5. The van der Waals surface area contributed by atoms with E-state index in [9.17, 15) is 0 Å². The second kappa shape index (κ2) is 6.50. The molecular weight excluding hydrogens is 394 g/mol. The number of benzene rings is 3. The molecule has 0 spiro atoms. The van der Waals surface area contributed by atoms with E-state index in [1.165, 1.54) is 53.6 Å². The van der Waals surface area contributed by atoms with Crippen molar-refractivity contribution in [2.45, 2.75) is 11.8 Å². The van der Waals surface area contributed by atoms with Gasteiger partial charge in [0.05, 0.1) is 0 Å². The van der Waals surface area contributed by atoms with Gasteiger partial charge in [0, 0.05) is 50.0 Å². The molecule has 2 unspecified atom stereocenters. The van der Waals surface area contributed by atoms with Crippen molar-refractivity contribution in [3.05, 3.63) is 115 Å². The normalized spacial score (nSPS) is 18.7. The SMILES string of the molecule is C1=CC2c3ccncc3-c3cc(-c4cccc5c4sc4ccccc45)ccc3C2C=C1. The highest BCUT2D eigenvalue weighted by Gasteiger charge is 2.32. The maximum atomic E-state index is 4.48. The molecule has 1 nitrogen and oxygen atoms in total. The maximum absolute atomic E-state index is 4.48. The first-order valence-electron chi connectivity index (χ1n) is 10.7. The fourth-order valence-corrected chi connectivity index (χ4v) is 6.58. The fraction of sp³-hybridized carbons (Fsp3) is 0.0690. The van der Waals surface area contributed by atoms with Crippen molar-refractivity contribution in [3.63, 3.8) is 0 Å². The lowest BCUT2D eigenvalue weighted by Crippen LogP contribution is -2.16. The second-order valence-corrected chi connectivity index (χ2v) is 9.42. The first kappa shape index (κ1) is 17.2. The Labute approximate surface area is 185 Å². The molecule has 2 atom stereocenters. The summed E-state index contributed by atoms with van der Waals surface area (Å²) in [7, 11) is 0. The number of allylic oxidation sites excluding steroid dienone is 4. The van der Waals surface area contributed by atoms with E-state index in [0.29, 0.717) is 11.8 Å². The van der Waals surface area contributed by atoms with Crippen molar-refractivity contribution in [1.29, 1.82) is 0 Å². The molecule has 3 aromatic carbocycles. The van der Waals surface area contributed by atoms with Crippen LogP contribution in [0.5, 0.6) is 0 Å². The van der Waals surface area contributed by atoms with Crippen molar-refractivity contribution < 1.29 is 0 Å². The summed E-state index contributed by atoms with van der Waals surface area (Å²) in [6.45, 7) is 0. The molecule has 0 radical (unpaired) electrons. The van der Waals surface area contributed by atoms with Gasteiger partial charge >= 0.3 is 0 Å². The molecule has 0 aliphatic heterocycles. The number of nitrogens with zero attached hydrogens (tertiary/aromatic N) is 1. The topological polar surface area (TPSA) is 12.9 Å². The zero-order valence-electron chi connectivity index (χ0n) is 16.8. The van der Waals surface area contributed by atoms with E-state index in [1.807, 2.05) is 23.7 Å². The Morgan fingerprint density at radius 2 is 1.48 bits per heavy atom. The molecule has 2 heteroatoms. The molecule has 2 heterocycles. The predicted octanol–water partition coefficient (Wildman–Crippen LogP) is 8.09. The van der Waals surface area contributed by atoms with Gasteiger partial charge in [0.1, 0.15) is 0 Å². The predicted molar refractivity (Wildman–Crippen MR) is 132 cm³/mol. The number of aromatic nitrogens is 1. The lowest BCUT2D eigenvalue weighted by molar-refractivity contribution is 0.718. The minimum Gasteiger partial charge on any atom is -0.264 e. The third-order valence-corrected chi connectivity index (χ3v) is 7.99. The molecule has 7 rings (SSSR count). The molecule has 0 saturated heterocycles. The van der Waals surface area contributed by atoms with Crippen LogP contribution in [0.3, 0.4) is 0 Å². The van der Waals surface area contributed by atoms with E-state index in [4.69, 9.17) is 0 Å². The van der Waals surface area contributed by atoms with E-state index in [-0.39, 0.29) is 0 Å². The lowest BCUT2D eigenvalue weighted by atomic mass is 9.70. The van der Waals surface area contributed by atoms with Gasteiger partial charge in [-0.05, 0) is 46.0 Å². The van der Waals surface area contributed by atoms with Crippen molar-refractivity contribution in [3.8, 4) is 22.3 Å². The minimum atomic E-state index is 0.393. The molecular formula is C29H19NS. The highest BCUT2D eigenvalue weighted by molar-refractivity contribution is 7.26. The number of thiophene rings is 1. The van der Waals surface area contributed by atoms with Gasteiger partial charge in [-0.1, -0.05) is 72.8 Å². The van der Waals surface area contributed by atoms with Crippen LogP contribution in [-0.2, 0) is 0 Å². The van der Waals surface area contributed by atoms with E-state index in [2.05, 4.69) is 96.0 Å². The van der Waals surface area contributed by atoms with Gasteiger partial charge < -0.3 is 0 Å². The summed E-state index contributed by atoms with van der Waals surface area (Å²) in [6, 6.07) is 24.6. The first-order chi connectivity index (χ1) is 15.4. The largest absolute Gasteiger partial charge is 0.264 e. The van der Waals surface area contributed by atoms with Gasteiger partial charge in [-0.3, -0.25) is 4.98 Å². The van der Waals surface area contributed by atoms with Crippen LogP contribution in [0.2, 0.25) is 0 Å². The van der Waals surface area contributed by atoms with Crippen molar-refractivity contribution in [2.75, 3.05) is 0 Å². The Kier molecular flexibility index (Phi) is 3.61. The van der Waals surface area contributed by atoms with Gasteiger partial charge in [0.2, 0.25) is 0 Å². The molecule has 146 valence electrons. The molecule has 0 bridgehead atoms. The molecule has 2 aliphatic carbocycles. The number of rotatable bonds is 1. The van der Waals surface area contributed by atoms with Crippen LogP contribution in [0.4, 0.5) is 0 Å². The van der Waals surface area contributed by atoms with Gasteiger partial charge in [0.15, 0.2) is 0 Å². The summed E-state index contributed by atoms with van der Waals surface area (Å²) in [5.74, 6) is 0.788. The van der Waals surface area contributed by atoms with Crippen molar-refractivity contribution in [2.24, 2.45) is 0 Å². The molecule has 0 amide bonds. The fourth-order valence-electron chi connectivity index (χ4n) is 5.34. The molecule has 0 fully saturated rings. The van der Waals surface area contributed by atoms with E-state index in [1.54, 1.807) is 0 Å². The van der Waals surface area contributed by atoms with Gasteiger partial charge in [-0.2, -0.15) is 0 Å². The molecule has 2 aromatic heterocycles. The van der Waals surface area contributed by atoms with Crippen molar-refractivity contribution in [1.82, 2.24) is 4.98 Å². The van der Waals surface area contributed by atoms with Crippen molar-refractivity contribution >= 4 is 31.5 Å². The van der Waals surface area contributed by atoms with Gasteiger partial charge in [-0.15, -0.1) is 11.3 Å². The summed E-state index contributed by atoms with van der Waals surface area (Å²) < 4.78 is 2.71. The van der Waals surface area contributed by atoms with E-state index < -0.39 is 0 Å². The summed E-state index contributed by atoms with van der Waals surface area (Å²) in [5, 5.41) is 2.69. The smallest absolute Gasteiger partial charge is 0.0433 e. The Hall–Kier alpha value is -3.49. The Morgan fingerprint density at radius 1 is 0.677 bits per heavy atom. The lowest BCUT2D eigenvalue weighted by Gasteiger charge is -2.33. The van der Waals surface area contributed by atoms with E-state index >= 15 is 0 Å². The second-order valence-electron chi connectivity index (χ2n) is 8.37. The average molecular weight is 414 g/mol. The Bertz CT molecular complexity index is 1550. The monoisotopic (exact) mass is 413 g/mol. The van der Waals surface area contributed by atoms with Gasteiger partial charge in [0.25, 0.3) is 0 Å². The standard InChI is InChI=1S/C29H19NS/c1-2-7-21-20(6-1)22-13-12-18(16-26(22)27-17-30-15-14-23(21)27)19-9-5-10-25-24-8-3-4-11-28(24)31-29(19)25/h1-17,20-21H. The molecule has 5 aromatic rings. The van der Waals surface area contributed by atoms with Crippen LogP contribution in [0.15, 0.2) is 103 Å². The zero-order valence-corrected chi connectivity index (χ0v) is 17.6. The molecule has 31 heavy (non-hydrogen) atoms. The van der Waals surface area contributed by atoms with Crippen LogP contribution in [-0.4, -0.2) is 4.98 Å². The summed E-state index contributed by atoms with van der Waals surface area (Å²) >= 11 is 1.89. The Balaban J connectivity index is 1.48. The summed E-state index contributed by atoms with van der Waals surface area (Å²) in [5.41, 5.74) is 7.96. The highest BCUT2D eigenvalue weighted by atomic mass is 32.1. The van der Waals surface area contributed by atoms with Gasteiger partial charge in [-0.25, -0.2) is 0 Å². The van der Waals surface area contributed by atoms with Crippen LogP contribution < -0.4 is 0 Å². The van der Waals surface area contributed by atoms with Crippen LogP contribution in [0.1, 0.15) is 23.0 Å². The molecule has 2 aliphatic rings. The highest BCUT2D eigenvalue weighted by Crippen LogP contribution is 2.50. The third-order valence-electron chi connectivity index (χ3n) is 6.77. The summed E-state index contributed by atoms with van der Waals surface area (Å²) in [6.07, 6.45) is 13.0.